The summed E-state index contributed by atoms with van der Waals surface area (Å²) in [6.45, 7) is 3.58. The van der Waals surface area contributed by atoms with Crippen LogP contribution in [0.5, 0.6) is 5.75 Å². The average Bonchev–Trinajstić information content (AvgIpc) is 3.56. The minimum Gasteiger partial charge on any atom is -0.508 e. The summed E-state index contributed by atoms with van der Waals surface area (Å²) in [7, 11) is 0. The maximum atomic E-state index is 14.8. The smallest absolute Gasteiger partial charge is 0.265 e. The Morgan fingerprint density at radius 2 is 1.34 bits per heavy atom. The van der Waals surface area contributed by atoms with E-state index in [2.05, 4.69) is 34.1 Å². The number of aromatic hydroxyl groups is 1. The van der Waals surface area contributed by atoms with E-state index in [1.807, 2.05) is 89.6 Å². The summed E-state index contributed by atoms with van der Waals surface area (Å²) in [6.07, 6.45) is 6.38. The monoisotopic (exact) mass is 660 g/mol. The first kappa shape index (κ1) is 31.6. The predicted molar refractivity (Wildman–Crippen MR) is 198 cm³/mol. The molecule has 2 aliphatic rings. The van der Waals surface area contributed by atoms with Crippen molar-refractivity contribution in [2.24, 2.45) is 0 Å². The number of phenols is 1. The van der Waals surface area contributed by atoms with Crippen LogP contribution in [0, 0.1) is 0 Å². The molecule has 1 saturated heterocycles. The van der Waals surface area contributed by atoms with Crippen LogP contribution in [-0.2, 0) is 13.0 Å². The van der Waals surface area contributed by atoms with Gasteiger partial charge in [-0.15, -0.1) is 0 Å². The fraction of sp³-hybridized carbons (Fsp3) is 0.209. The molecule has 8 rings (SSSR count). The molecule has 2 amide bonds. The Morgan fingerprint density at radius 1 is 0.680 bits per heavy atom. The highest BCUT2D eigenvalue weighted by atomic mass is 16.3. The van der Waals surface area contributed by atoms with E-state index < -0.39 is 0 Å². The van der Waals surface area contributed by atoms with Gasteiger partial charge in [0, 0.05) is 42.1 Å². The predicted octanol–water partition coefficient (Wildman–Crippen LogP) is 8.37. The fourth-order valence-corrected chi connectivity index (χ4v) is 7.68. The summed E-state index contributed by atoms with van der Waals surface area (Å²) >= 11 is 0. The number of rotatable bonds is 7. The minimum absolute atomic E-state index is 0.00206. The third-order valence-corrected chi connectivity index (χ3v) is 10.2. The van der Waals surface area contributed by atoms with Crippen LogP contribution in [0.4, 0.5) is 11.4 Å². The van der Waals surface area contributed by atoms with E-state index in [4.69, 9.17) is 0 Å². The van der Waals surface area contributed by atoms with Gasteiger partial charge in [0.15, 0.2) is 0 Å². The van der Waals surface area contributed by atoms with Crippen LogP contribution in [0.2, 0.25) is 0 Å². The highest BCUT2D eigenvalue weighted by Gasteiger charge is 2.33. The Morgan fingerprint density at radius 3 is 2.14 bits per heavy atom. The number of para-hydroxylation sites is 3. The number of likely N-dealkylation sites (tertiary alicyclic amines) is 1. The molecule has 7 nitrogen and oxygen atoms in total. The van der Waals surface area contributed by atoms with Gasteiger partial charge in [-0.25, -0.2) is 0 Å². The average molecular weight is 661 g/mol. The van der Waals surface area contributed by atoms with Crippen molar-refractivity contribution in [1.82, 2.24) is 14.4 Å². The SMILES string of the molecule is O=C(c1cn(-c2ccccc2C(=O)N2Cc3ccccc3C[C@H]2CN2CCCCC2)c2ccccc12)N(c1ccccc1)c1ccc(O)cc1. The first-order valence-corrected chi connectivity index (χ1v) is 17.5. The molecule has 0 radical (unpaired) electrons. The zero-order valence-corrected chi connectivity index (χ0v) is 28.0. The molecule has 0 aliphatic carbocycles. The number of anilines is 2. The minimum atomic E-state index is -0.213. The zero-order chi connectivity index (χ0) is 34.0. The lowest BCUT2D eigenvalue weighted by Crippen LogP contribution is -2.51. The lowest BCUT2D eigenvalue weighted by molar-refractivity contribution is 0.0566. The van der Waals surface area contributed by atoms with Gasteiger partial charge in [-0.05, 0) is 98.1 Å². The number of phenolic OH excluding ortho intramolecular Hbond substituents is 1. The van der Waals surface area contributed by atoms with Crippen molar-refractivity contribution in [3.63, 3.8) is 0 Å². The maximum absolute atomic E-state index is 14.8. The van der Waals surface area contributed by atoms with E-state index in [0.717, 1.165) is 42.6 Å². The molecule has 250 valence electrons. The van der Waals surface area contributed by atoms with Crippen molar-refractivity contribution in [2.75, 3.05) is 24.5 Å². The van der Waals surface area contributed by atoms with Crippen molar-refractivity contribution in [3.8, 4) is 11.4 Å². The lowest BCUT2D eigenvalue weighted by atomic mass is 9.92. The van der Waals surface area contributed by atoms with Gasteiger partial charge in [-0.3, -0.25) is 14.5 Å². The van der Waals surface area contributed by atoms with Crippen LogP contribution in [0.25, 0.3) is 16.6 Å². The van der Waals surface area contributed by atoms with Gasteiger partial charge in [-0.1, -0.05) is 79.2 Å². The van der Waals surface area contributed by atoms with Gasteiger partial charge >= 0.3 is 0 Å². The number of carbonyl (C=O) groups is 2. The normalized spacial score (nSPS) is 16.2. The second kappa shape index (κ2) is 13.7. The van der Waals surface area contributed by atoms with E-state index in [9.17, 15) is 14.7 Å². The van der Waals surface area contributed by atoms with E-state index >= 15 is 0 Å². The molecule has 0 saturated carbocycles. The molecule has 0 unspecified atom stereocenters. The lowest BCUT2D eigenvalue weighted by Gasteiger charge is -2.40. The third kappa shape index (κ3) is 6.05. The molecule has 1 atom stereocenters. The number of amides is 2. The summed E-state index contributed by atoms with van der Waals surface area (Å²) in [5, 5.41) is 10.8. The molecule has 0 spiro atoms. The van der Waals surface area contributed by atoms with Crippen molar-refractivity contribution < 1.29 is 14.7 Å². The molecule has 50 heavy (non-hydrogen) atoms. The third-order valence-electron chi connectivity index (χ3n) is 10.2. The number of fused-ring (bicyclic) bond motifs is 2. The van der Waals surface area contributed by atoms with Crippen LogP contribution in [0.15, 0.2) is 134 Å². The van der Waals surface area contributed by atoms with Gasteiger partial charge in [0.25, 0.3) is 11.8 Å². The van der Waals surface area contributed by atoms with Crippen LogP contribution in [-0.4, -0.2) is 57.0 Å². The Balaban J connectivity index is 1.20. The van der Waals surface area contributed by atoms with Gasteiger partial charge in [0.1, 0.15) is 5.75 Å². The topological polar surface area (TPSA) is 69.0 Å². The van der Waals surface area contributed by atoms with E-state index in [1.165, 1.54) is 30.4 Å². The van der Waals surface area contributed by atoms with Crippen molar-refractivity contribution in [3.05, 3.63) is 156 Å². The number of piperidine rings is 1. The Labute approximate surface area is 292 Å². The molecule has 1 fully saturated rings. The molecule has 1 aromatic heterocycles. The first-order valence-electron chi connectivity index (χ1n) is 17.5. The molecular weight excluding hydrogens is 620 g/mol. The summed E-state index contributed by atoms with van der Waals surface area (Å²) in [5.74, 6) is -0.0879. The zero-order valence-electron chi connectivity index (χ0n) is 28.0. The van der Waals surface area contributed by atoms with E-state index in [1.54, 1.807) is 29.2 Å². The maximum Gasteiger partial charge on any atom is 0.265 e. The van der Waals surface area contributed by atoms with Gasteiger partial charge < -0.3 is 19.5 Å². The van der Waals surface area contributed by atoms with Gasteiger partial charge in [0.2, 0.25) is 0 Å². The van der Waals surface area contributed by atoms with Gasteiger partial charge in [-0.2, -0.15) is 0 Å². The summed E-state index contributed by atoms with van der Waals surface area (Å²) in [5.41, 5.74) is 6.55. The Hall–Kier alpha value is -5.66. The highest BCUT2D eigenvalue weighted by Crippen LogP contribution is 2.34. The summed E-state index contributed by atoms with van der Waals surface area (Å²) < 4.78 is 1.99. The molecule has 2 aliphatic heterocycles. The quantitative estimate of drug-likeness (QED) is 0.187. The number of hydrogen-bond donors (Lipinski definition) is 1. The first-order chi connectivity index (χ1) is 24.5. The molecule has 5 aromatic carbocycles. The van der Waals surface area contributed by atoms with Crippen LogP contribution >= 0.6 is 0 Å². The second-order valence-electron chi connectivity index (χ2n) is 13.4. The van der Waals surface area contributed by atoms with Crippen molar-refractivity contribution in [2.45, 2.75) is 38.3 Å². The van der Waals surface area contributed by atoms with E-state index in [-0.39, 0.29) is 23.6 Å². The van der Waals surface area contributed by atoms with Gasteiger partial charge in [0.05, 0.1) is 22.3 Å². The molecule has 6 aromatic rings. The van der Waals surface area contributed by atoms with Crippen molar-refractivity contribution in [1.29, 1.82) is 0 Å². The fourth-order valence-electron chi connectivity index (χ4n) is 7.68. The van der Waals surface area contributed by atoms with E-state index in [0.29, 0.717) is 29.0 Å². The molecule has 1 N–H and O–H groups in total. The number of carbonyl (C=O) groups excluding carboxylic acids is 2. The number of aromatic nitrogens is 1. The second-order valence-corrected chi connectivity index (χ2v) is 13.4. The van der Waals surface area contributed by atoms with Crippen LogP contribution in [0.3, 0.4) is 0 Å². The number of benzene rings is 5. The largest absolute Gasteiger partial charge is 0.508 e. The molecular formula is C43H40N4O3. The molecule has 0 bridgehead atoms. The summed E-state index contributed by atoms with van der Waals surface area (Å²) in [4.78, 5) is 35.8. The van der Waals surface area contributed by atoms with Crippen molar-refractivity contribution >= 4 is 34.1 Å². The standard InChI is InChI=1S/C43H40N4O3/c48-36-23-21-34(22-24-36)47(33-15-3-1-4-16-33)43(50)39-30-46(40-19-9-7-17-37(39)40)41-20-10-8-18-38(41)42(49)45-28-32-14-6-5-13-31(32)27-35(45)29-44-25-11-2-12-26-44/h1,3-10,13-24,30,35,48H,2,11-12,25-29H2/t35-/m0/s1. The van der Waals surface area contributed by atoms with Crippen LogP contribution < -0.4 is 4.90 Å². The highest BCUT2D eigenvalue weighted by molar-refractivity contribution is 6.17. The Kier molecular flexibility index (Phi) is 8.65. The Bertz CT molecular complexity index is 2150. The summed E-state index contributed by atoms with van der Waals surface area (Å²) in [6, 6.07) is 40.3. The van der Waals surface area contributed by atoms with Crippen LogP contribution in [0.1, 0.15) is 51.1 Å². The number of hydrogen-bond acceptors (Lipinski definition) is 4. The molecule has 3 heterocycles. The number of nitrogens with zero attached hydrogens (tertiary/aromatic N) is 4. The molecule has 7 heteroatoms.